The van der Waals surface area contributed by atoms with E-state index in [1.807, 2.05) is 33.8 Å². The smallest absolute Gasteiger partial charge is 0.261 e. The zero-order valence-electron chi connectivity index (χ0n) is 13.7. The van der Waals surface area contributed by atoms with Crippen molar-refractivity contribution in [2.45, 2.75) is 71.4 Å². The molecule has 1 aromatic carbocycles. The maximum atomic E-state index is 12.2. The van der Waals surface area contributed by atoms with Crippen molar-refractivity contribution in [2.24, 2.45) is 0 Å². The SMILES string of the molecule is CC[C@H](Oc1ccc2c(c1)CCCC2)C(=O)NC(C)(C)C. The van der Waals surface area contributed by atoms with Crippen molar-refractivity contribution in [2.75, 3.05) is 0 Å². The van der Waals surface area contributed by atoms with Gasteiger partial charge in [-0.3, -0.25) is 4.79 Å². The lowest BCUT2D eigenvalue weighted by Gasteiger charge is -2.25. The molecule has 3 heteroatoms. The standard InChI is InChI=1S/C18H27NO2/c1-5-16(17(20)19-18(2,3)4)21-15-11-10-13-8-6-7-9-14(13)12-15/h10-12,16H,5-9H2,1-4H3,(H,19,20)/t16-/m0/s1. The molecule has 0 saturated heterocycles. The molecule has 0 aliphatic heterocycles. The lowest BCUT2D eigenvalue weighted by Crippen LogP contribution is -2.47. The first-order valence-electron chi connectivity index (χ1n) is 7.99. The quantitative estimate of drug-likeness (QED) is 0.919. The normalized spacial score (nSPS) is 16.0. The van der Waals surface area contributed by atoms with Crippen LogP contribution in [0.4, 0.5) is 0 Å². The van der Waals surface area contributed by atoms with Gasteiger partial charge < -0.3 is 10.1 Å². The van der Waals surface area contributed by atoms with Crippen molar-refractivity contribution in [1.29, 1.82) is 0 Å². The highest BCUT2D eigenvalue weighted by molar-refractivity contribution is 5.81. The molecule has 1 N–H and O–H groups in total. The number of hydrogen-bond acceptors (Lipinski definition) is 2. The fourth-order valence-corrected chi connectivity index (χ4v) is 2.72. The summed E-state index contributed by atoms with van der Waals surface area (Å²) in [6, 6.07) is 6.26. The fourth-order valence-electron chi connectivity index (χ4n) is 2.72. The molecule has 1 aliphatic carbocycles. The van der Waals surface area contributed by atoms with E-state index in [-0.39, 0.29) is 11.4 Å². The van der Waals surface area contributed by atoms with Crippen molar-refractivity contribution >= 4 is 5.91 Å². The highest BCUT2D eigenvalue weighted by Gasteiger charge is 2.23. The van der Waals surface area contributed by atoms with E-state index in [2.05, 4.69) is 17.4 Å². The molecular weight excluding hydrogens is 262 g/mol. The van der Waals surface area contributed by atoms with Crippen LogP contribution in [0.3, 0.4) is 0 Å². The summed E-state index contributed by atoms with van der Waals surface area (Å²) in [5.41, 5.74) is 2.58. The molecule has 0 fully saturated rings. The highest BCUT2D eigenvalue weighted by Crippen LogP contribution is 2.26. The Morgan fingerprint density at radius 3 is 2.52 bits per heavy atom. The van der Waals surface area contributed by atoms with Gasteiger partial charge in [0.05, 0.1) is 0 Å². The Bertz CT molecular complexity index is 502. The molecular formula is C18H27NO2. The van der Waals surface area contributed by atoms with Crippen molar-refractivity contribution in [3.8, 4) is 5.75 Å². The summed E-state index contributed by atoms with van der Waals surface area (Å²) in [5, 5.41) is 2.99. The predicted molar refractivity (Wildman–Crippen MR) is 85.7 cm³/mol. The summed E-state index contributed by atoms with van der Waals surface area (Å²) in [4.78, 5) is 12.2. The molecule has 1 aliphatic rings. The second-order valence-corrected chi connectivity index (χ2v) is 6.89. The van der Waals surface area contributed by atoms with Gasteiger partial charge in [0.15, 0.2) is 6.10 Å². The Hall–Kier alpha value is -1.51. The number of nitrogens with one attached hydrogen (secondary N) is 1. The zero-order chi connectivity index (χ0) is 15.5. The Morgan fingerprint density at radius 2 is 1.90 bits per heavy atom. The number of carbonyl (C=O) groups excluding carboxylic acids is 1. The highest BCUT2D eigenvalue weighted by atomic mass is 16.5. The first-order valence-corrected chi connectivity index (χ1v) is 7.99. The van der Waals surface area contributed by atoms with Gasteiger partial charge in [0.25, 0.3) is 5.91 Å². The Labute approximate surface area is 128 Å². The summed E-state index contributed by atoms with van der Waals surface area (Å²) in [6.07, 6.45) is 5.05. The molecule has 0 heterocycles. The van der Waals surface area contributed by atoms with Gasteiger partial charge in [-0.1, -0.05) is 13.0 Å². The van der Waals surface area contributed by atoms with Gasteiger partial charge in [-0.15, -0.1) is 0 Å². The van der Waals surface area contributed by atoms with E-state index >= 15 is 0 Å². The van der Waals surface area contributed by atoms with Crippen LogP contribution in [0.25, 0.3) is 0 Å². The van der Waals surface area contributed by atoms with Gasteiger partial charge in [-0.05, 0) is 76.1 Å². The summed E-state index contributed by atoms with van der Waals surface area (Å²) in [7, 11) is 0. The molecule has 2 rings (SSSR count). The van der Waals surface area contributed by atoms with Crippen molar-refractivity contribution in [1.82, 2.24) is 5.32 Å². The van der Waals surface area contributed by atoms with Crippen LogP contribution < -0.4 is 10.1 Å². The minimum atomic E-state index is -0.425. The summed E-state index contributed by atoms with van der Waals surface area (Å²) < 4.78 is 5.93. The minimum Gasteiger partial charge on any atom is -0.481 e. The summed E-state index contributed by atoms with van der Waals surface area (Å²) in [6.45, 7) is 7.93. The molecule has 1 amide bonds. The van der Waals surface area contributed by atoms with Crippen LogP contribution >= 0.6 is 0 Å². The summed E-state index contributed by atoms with van der Waals surface area (Å²) in [5.74, 6) is 0.772. The molecule has 21 heavy (non-hydrogen) atoms. The average Bonchev–Trinajstić information content (AvgIpc) is 2.42. The number of fused-ring (bicyclic) bond motifs is 1. The second kappa shape index (κ2) is 6.50. The van der Waals surface area contributed by atoms with Gasteiger partial charge >= 0.3 is 0 Å². The first kappa shape index (κ1) is 15.9. The van der Waals surface area contributed by atoms with Crippen LogP contribution in [-0.2, 0) is 17.6 Å². The third-order valence-electron chi connectivity index (χ3n) is 3.76. The molecule has 0 radical (unpaired) electrons. The van der Waals surface area contributed by atoms with E-state index in [4.69, 9.17) is 4.74 Å². The zero-order valence-corrected chi connectivity index (χ0v) is 13.7. The van der Waals surface area contributed by atoms with Crippen molar-refractivity contribution in [3.63, 3.8) is 0 Å². The lowest BCUT2D eigenvalue weighted by molar-refractivity contribution is -0.129. The second-order valence-electron chi connectivity index (χ2n) is 6.89. The minimum absolute atomic E-state index is 0.0391. The molecule has 0 aromatic heterocycles. The number of carbonyl (C=O) groups is 1. The number of hydrogen-bond donors (Lipinski definition) is 1. The van der Waals surface area contributed by atoms with Crippen LogP contribution in [0, 0.1) is 0 Å². The van der Waals surface area contributed by atoms with Gasteiger partial charge in [0, 0.05) is 5.54 Å². The molecule has 0 saturated carbocycles. The van der Waals surface area contributed by atoms with E-state index in [1.165, 1.54) is 24.0 Å². The number of benzene rings is 1. The fraction of sp³-hybridized carbons (Fsp3) is 0.611. The number of aryl methyl sites for hydroxylation is 2. The Balaban J connectivity index is 2.06. The number of amides is 1. The van der Waals surface area contributed by atoms with Crippen molar-refractivity contribution in [3.05, 3.63) is 29.3 Å². The third-order valence-corrected chi connectivity index (χ3v) is 3.76. The third kappa shape index (κ3) is 4.48. The molecule has 116 valence electrons. The predicted octanol–water partition coefficient (Wildman–Crippen LogP) is 3.64. The van der Waals surface area contributed by atoms with Gasteiger partial charge in [0.1, 0.15) is 5.75 Å². The number of rotatable bonds is 4. The first-order chi connectivity index (χ1) is 9.89. The maximum absolute atomic E-state index is 12.2. The number of ether oxygens (including phenoxy) is 1. The van der Waals surface area contributed by atoms with E-state index in [9.17, 15) is 4.79 Å². The van der Waals surface area contributed by atoms with Crippen LogP contribution in [0.5, 0.6) is 5.75 Å². The largest absolute Gasteiger partial charge is 0.481 e. The Kier molecular flexibility index (Phi) is 4.92. The topological polar surface area (TPSA) is 38.3 Å². The Morgan fingerprint density at radius 1 is 1.24 bits per heavy atom. The van der Waals surface area contributed by atoms with Crippen LogP contribution in [0.15, 0.2) is 18.2 Å². The maximum Gasteiger partial charge on any atom is 0.261 e. The van der Waals surface area contributed by atoms with Gasteiger partial charge in [-0.25, -0.2) is 0 Å². The van der Waals surface area contributed by atoms with E-state index in [0.29, 0.717) is 6.42 Å². The molecule has 0 spiro atoms. The van der Waals surface area contributed by atoms with Gasteiger partial charge in [0.2, 0.25) is 0 Å². The van der Waals surface area contributed by atoms with Crippen LogP contribution in [0.1, 0.15) is 58.1 Å². The van der Waals surface area contributed by atoms with E-state index in [1.54, 1.807) is 0 Å². The van der Waals surface area contributed by atoms with Crippen LogP contribution in [0.2, 0.25) is 0 Å². The van der Waals surface area contributed by atoms with E-state index < -0.39 is 6.10 Å². The molecule has 1 atom stereocenters. The monoisotopic (exact) mass is 289 g/mol. The lowest BCUT2D eigenvalue weighted by atomic mass is 9.92. The molecule has 1 aromatic rings. The van der Waals surface area contributed by atoms with Gasteiger partial charge in [-0.2, -0.15) is 0 Å². The average molecular weight is 289 g/mol. The summed E-state index contributed by atoms with van der Waals surface area (Å²) >= 11 is 0. The molecule has 3 nitrogen and oxygen atoms in total. The molecule has 0 bridgehead atoms. The van der Waals surface area contributed by atoms with E-state index in [0.717, 1.165) is 18.6 Å². The van der Waals surface area contributed by atoms with Crippen molar-refractivity contribution < 1.29 is 9.53 Å². The molecule has 0 unspecified atom stereocenters. The van der Waals surface area contributed by atoms with Crippen LogP contribution in [-0.4, -0.2) is 17.6 Å².